The molecule has 2 rings (SSSR count). The molecule has 0 bridgehead atoms. The Morgan fingerprint density at radius 2 is 2.44 bits per heavy atom. The van der Waals surface area contributed by atoms with Gasteiger partial charge in [-0.25, -0.2) is 4.99 Å². The number of hydrogen-bond donors (Lipinski definition) is 1. The summed E-state index contributed by atoms with van der Waals surface area (Å²) in [7, 11) is 0. The third kappa shape index (κ3) is 0.614. The lowest BCUT2D eigenvalue weighted by atomic mass is 10.5. The van der Waals surface area contributed by atoms with Gasteiger partial charge in [-0.15, -0.1) is 0 Å². The fourth-order valence-electron chi connectivity index (χ4n) is 0.903. The molecule has 0 fully saturated rings. The van der Waals surface area contributed by atoms with E-state index in [9.17, 15) is 0 Å². The predicted octanol–water partition coefficient (Wildman–Crippen LogP) is 0.244. The summed E-state index contributed by atoms with van der Waals surface area (Å²) in [6.45, 7) is 0. The van der Waals surface area contributed by atoms with Gasteiger partial charge in [0, 0.05) is 24.8 Å². The summed E-state index contributed by atoms with van der Waals surface area (Å²) >= 11 is 0. The van der Waals surface area contributed by atoms with Crippen molar-refractivity contribution in [2.75, 3.05) is 0 Å². The van der Waals surface area contributed by atoms with Crippen molar-refractivity contribution >= 4 is 6.21 Å². The smallest absolute Gasteiger partial charge is 0.199 e. The zero-order valence-corrected chi connectivity index (χ0v) is 4.86. The van der Waals surface area contributed by atoms with E-state index in [4.69, 9.17) is 0 Å². The van der Waals surface area contributed by atoms with Gasteiger partial charge in [-0.1, -0.05) is 0 Å². The van der Waals surface area contributed by atoms with Gasteiger partial charge in [0.15, 0.2) is 6.29 Å². The van der Waals surface area contributed by atoms with E-state index in [0.717, 1.165) is 0 Å². The molecular formula is C6H7N3. The minimum atomic E-state index is 0.120. The van der Waals surface area contributed by atoms with E-state index in [1.165, 1.54) is 0 Å². The third-order valence-corrected chi connectivity index (χ3v) is 1.35. The Kier molecular flexibility index (Phi) is 0.828. The van der Waals surface area contributed by atoms with Gasteiger partial charge < -0.3 is 10.2 Å². The van der Waals surface area contributed by atoms with Crippen molar-refractivity contribution in [3.8, 4) is 0 Å². The second kappa shape index (κ2) is 1.62. The maximum absolute atomic E-state index is 4.13. The number of fused-ring (bicyclic) bond motifs is 1. The number of allylic oxidation sites excluding steroid dienone is 1. The molecule has 3 nitrogen and oxygen atoms in total. The molecule has 46 valence electrons. The molecule has 0 spiro atoms. The molecular weight excluding hydrogens is 114 g/mol. The lowest BCUT2D eigenvalue weighted by Crippen LogP contribution is -2.31. The van der Waals surface area contributed by atoms with Gasteiger partial charge in [0.05, 0.1) is 0 Å². The Hall–Kier alpha value is -1.25. The summed E-state index contributed by atoms with van der Waals surface area (Å²) in [5, 5.41) is 3.05. The van der Waals surface area contributed by atoms with E-state index in [0.29, 0.717) is 0 Å². The quantitative estimate of drug-likeness (QED) is 0.497. The Labute approximate surface area is 53.4 Å². The van der Waals surface area contributed by atoms with Crippen LogP contribution in [0.4, 0.5) is 0 Å². The van der Waals surface area contributed by atoms with Crippen LogP contribution in [0.15, 0.2) is 29.7 Å². The topological polar surface area (TPSA) is 27.6 Å². The van der Waals surface area contributed by atoms with Crippen LogP contribution < -0.4 is 5.32 Å². The van der Waals surface area contributed by atoms with Gasteiger partial charge in [0.1, 0.15) is 0 Å². The van der Waals surface area contributed by atoms with Crippen LogP contribution in [0.1, 0.15) is 0 Å². The monoisotopic (exact) mass is 121 g/mol. The summed E-state index contributed by atoms with van der Waals surface area (Å²) in [6, 6.07) is 0. The lowest BCUT2D eigenvalue weighted by Gasteiger charge is -2.19. The molecule has 2 heterocycles. The van der Waals surface area contributed by atoms with Gasteiger partial charge in [0.2, 0.25) is 0 Å². The van der Waals surface area contributed by atoms with E-state index in [-0.39, 0.29) is 6.29 Å². The molecule has 0 aromatic heterocycles. The molecule has 0 aromatic carbocycles. The van der Waals surface area contributed by atoms with Crippen molar-refractivity contribution in [2.24, 2.45) is 4.99 Å². The lowest BCUT2D eigenvalue weighted by molar-refractivity contribution is 0.375. The van der Waals surface area contributed by atoms with Crippen molar-refractivity contribution < 1.29 is 0 Å². The molecule has 1 N–H and O–H groups in total. The van der Waals surface area contributed by atoms with Crippen molar-refractivity contribution in [1.82, 2.24) is 10.2 Å². The zero-order chi connectivity index (χ0) is 6.10. The molecule has 0 aromatic rings. The fourth-order valence-corrected chi connectivity index (χ4v) is 0.903. The molecule has 1 unspecified atom stereocenters. The standard InChI is InChI=1S/C6H7N3/c1-2-7-6-8-3-5-9(6)4-1/h1-6,8H. The zero-order valence-electron chi connectivity index (χ0n) is 4.86. The normalized spacial score (nSPS) is 28.4. The predicted molar refractivity (Wildman–Crippen MR) is 35.5 cm³/mol. The number of hydrogen-bond acceptors (Lipinski definition) is 3. The van der Waals surface area contributed by atoms with Crippen LogP contribution in [-0.2, 0) is 0 Å². The highest BCUT2D eigenvalue weighted by atomic mass is 15.4. The molecule has 0 aliphatic carbocycles. The summed E-state index contributed by atoms with van der Waals surface area (Å²) < 4.78 is 0. The molecule has 0 radical (unpaired) electrons. The number of nitrogens with one attached hydrogen (secondary N) is 1. The highest BCUT2D eigenvalue weighted by Gasteiger charge is 2.14. The van der Waals surface area contributed by atoms with Crippen molar-refractivity contribution in [1.29, 1.82) is 0 Å². The summed E-state index contributed by atoms with van der Waals surface area (Å²) in [5.41, 5.74) is 0. The first-order valence-electron chi connectivity index (χ1n) is 2.87. The number of aliphatic imine (C=N–C) groups is 1. The van der Waals surface area contributed by atoms with Crippen LogP contribution in [0.2, 0.25) is 0 Å². The molecule has 3 heteroatoms. The van der Waals surface area contributed by atoms with Crippen molar-refractivity contribution in [3.05, 3.63) is 24.7 Å². The second-order valence-corrected chi connectivity index (χ2v) is 1.94. The average Bonchev–Trinajstić information content (AvgIpc) is 2.33. The van der Waals surface area contributed by atoms with Gasteiger partial charge in [-0.05, 0) is 6.08 Å². The van der Waals surface area contributed by atoms with Crippen LogP contribution in [0.3, 0.4) is 0 Å². The third-order valence-electron chi connectivity index (χ3n) is 1.35. The first kappa shape index (κ1) is 4.61. The van der Waals surface area contributed by atoms with Gasteiger partial charge in [-0.3, -0.25) is 0 Å². The van der Waals surface area contributed by atoms with Gasteiger partial charge in [0.25, 0.3) is 0 Å². The van der Waals surface area contributed by atoms with Gasteiger partial charge in [-0.2, -0.15) is 0 Å². The highest BCUT2D eigenvalue weighted by molar-refractivity contribution is 5.72. The van der Waals surface area contributed by atoms with Crippen molar-refractivity contribution in [2.45, 2.75) is 6.29 Å². The van der Waals surface area contributed by atoms with Gasteiger partial charge >= 0.3 is 0 Å². The SMILES string of the molecule is C1=CN2C=CNC2N=C1. The molecule has 2 aliphatic rings. The van der Waals surface area contributed by atoms with Crippen molar-refractivity contribution in [3.63, 3.8) is 0 Å². The van der Waals surface area contributed by atoms with Crippen LogP contribution in [-0.4, -0.2) is 17.4 Å². The average molecular weight is 121 g/mol. The summed E-state index contributed by atoms with van der Waals surface area (Å²) in [5.74, 6) is 0. The van der Waals surface area contributed by atoms with Crippen LogP contribution in [0.25, 0.3) is 0 Å². The van der Waals surface area contributed by atoms with E-state index in [1.807, 2.05) is 29.6 Å². The molecule has 0 saturated carbocycles. The van der Waals surface area contributed by atoms with E-state index < -0.39 is 0 Å². The van der Waals surface area contributed by atoms with E-state index >= 15 is 0 Å². The maximum atomic E-state index is 4.13. The van der Waals surface area contributed by atoms with E-state index in [1.54, 1.807) is 6.21 Å². The van der Waals surface area contributed by atoms with E-state index in [2.05, 4.69) is 10.3 Å². The van der Waals surface area contributed by atoms with Crippen LogP contribution in [0, 0.1) is 0 Å². The first-order chi connectivity index (χ1) is 4.47. The first-order valence-corrected chi connectivity index (χ1v) is 2.87. The molecule has 9 heavy (non-hydrogen) atoms. The summed E-state index contributed by atoms with van der Waals surface area (Å²) in [4.78, 5) is 6.13. The summed E-state index contributed by atoms with van der Waals surface area (Å²) in [6.07, 6.45) is 9.65. The molecule has 0 amide bonds. The molecule has 2 aliphatic heterocycles. The van der Waals surface area contributed by atoms with Crippen LogP contribution >= 0.6 is 0 Å². The minimum absolute atomic E-state index is 0.120. The number of rotatable bonds is 0. The molecule has 1 atom stereocenters. The Morgan fingerprint density at radius 3 is 3.33 bits per heavy atom. The maximum Gasteiger partial charge on any atom is 0.199 e. The Bertz CT molecular complexity index is 192. The second-order valence-electron chi connectivity index (χ2n) is 1.94. The Morgan fingerprint density at radius 1 is 1.44 bits per heavy atom. The fraction of sp³-hybridized carbons (Fsp3) is 0.167. The highest BCUT2D eigenvalue weighted by Crippen LogP contribution is 2.08. The number of nitrogens with zero attached hydrogens (tertiary/aromatic N) is 2. The Balaban J connectivity index is 2.25. The largest absolute Gasteiger partial charge is 0.351 e. The van der Waals surface area contributed by atoms with Crippen LogP contribution in [0.5, 0.6) is 0 Å². The molecule has 0 saturated heterocycles. The minimum Gasteiger partial charge on any atom is -0.351 e.